The largest absolute Gasteiger partial charge is 0.480 e. The summed E-state index contributed by atoms with van der Waals surface area (Å²) in [5.41, 5.74) is -0.0224. The van der Waals surface area contributed by atoms with Crippen LogP contribution >= 0.6 is 0 Å². The van der Waals surface area contributed by atoms with Gasteiger partial charge in [0.25, 0.3) is 0 Å². The molecule has 1 aromatic carbocycles. The first-order valence-corrected chi connectivity index (χ1v) is 5.59. The number of aliphatic carboxylic acids is 1. The Balaban J connectivity index is 2.31. The van der Waals surface area contributed by atoms with Gasteiger partial charge < -0.3 is 9.84 Å². The second-order valence-electron chi connectivity index (χ2n) is 4.05. The highest BCUT2D eigenvalue weighted by molar-refractivity contribution is 5.75. The minimum Gasteiger partial charge on any atom is -0.480 e. The first-order chi connectivity index (χ1) is 8.59. The SMILES string of the molecule is O=C(O)[C@H](c1ccc(F)cc1F)N1CCOCC1. The highest BCUT2D eigenvalue weighted by Gasteiger charge is 2.30. The van der Waals surface area contributed by atoms with Crippen molar-refractivity contribution < 1.29 is 23.4 Å². The summed E-state index contributed by atoms with van der Waals surface area (Å²) in [6, 6.07) is 1.84. The Hall–Kier alpha value is -1.53. The average molecular weight is 257 g/mol. The van der Waals surface area contributed by atoms with Gasteiger partial charge in [0.1, 0.15) is 17.7 Å². The fourth-order valence-corrected chi connectivity index (χ4v) is 2.04. The molecule has 1 fully saturated rings. The van der Waals surface area contributed by atoms with Crippen molar-refractivity contribution in [1.82, 2.24) is 4.90 Å². The van der Waals surface area contributed by atoms with Crippen LogP contribution in [0, 0.1) is 11.6 Å². The van der Waals surface area contributed by atoms with Crippen molar-refractivity contribution in [2.45, 2.75) is 6.04 Å². The Bertz CT molecular complexity index is 447. The Morgan fingerprint density at radius 3 is 2.56 bits per heavy atom. The predicted molar refractivity (Wildman–Crippen MR) is 59.1 cm³/mol. The lowest BCUT2D eigenvalue weighted by atomic mass is 10.0. The first-order valence-electron chi connectivity index (χ1n) is 5.59. The lowest BCUT2D eigenvalue weighted by Crippen LogP contribution is -2.42. The maximum Gasteiger partial charge on any atom is 0.325 e. The minimum atomic E-state index is -1.15. The first kappa shape index (κ1) is 12.9. The monoisotopic (exact) mass is 257 g/mol. The van der Waals surface area contributed by atoms with E-state index in [0.29, 0.717) is 32.4 Å². The third-order valence-corrected chi connectivity index (χ3v) is 2.90. The number of rotatable bonds is 3. The molecule has 1 N–H and O–H groups in total. The van der Waals surface area contributed by atoms with Crippen molar-refractivity contribution in [3.8, 4) is 0 Å². The normalized spacial score (nSPS) is 18.6. The number of ether oxygens (including phenoxy) is 1. The second kappa shape index (κ2) is 5.41. The molecule has 0 saturated carbocycles. The lowest BCUT2D eigenvalue weighted by molar-refractivity contribution is -0.145. The van der Waals surface area contributed by atoms with Gasteiger partial charge in [-0.2, -0.15) is 0 Å². The summed E-state index contributed by atoms with van der Waals surface area (Å²) in [6.45, 7) is 1.64. The maximum absolute atomic E-state index is 13.7. The molecule has 1 aliphatic rings. The molecule has 0 aliphatic carbocycles. The highest BCUT2D eigenvalue weighted by Crippen LogP contribution is 2.25. The Morgan fingerprint density at radius 2 is 2.00 bits per heavy atom. The molecule has 1 aromatic rings. The molecule has 1 atom stereocenters. The van der Waals surface area contributed by atoms with Gasteiger partial charge in [0.2, 0.25) is 0 Å². The number of benzene rings is 1. The van der Waals surface area contributed by atoms with Crippen LogP contribution in [-0.4, -0.2) is 42.3 Å². The standard InChI is InChI=1S/C12H13F2NO3/c13-8-1-2-9(10(14)7-8)11(12(16)17)15-3-5-18-6-4-15/h1-2,7,11H,3-6H2,(H,16,17)/t11-/m0/s1. The van der Waals surface area contributed by atoms with Crippen molar-refractivity contribution in [2.75, 3.05) is 26.3 Å². The van der Waals surface area contributed by atoms with E-state index >= 15 is 0 Å². The van der Waals surface area contributed by atoms with Crippen LogP contribution in [0.5, 0.6) is 0 Å². The van der Waals surface area contributed by atoms with Gasteiger partial charge in [0.15, 0.2) is 0 Å². The van der Waals surface area contributed by atoms with E-state index < -0.39 is 23.6 Å². The molecule has 98 valence electrons. The predicted octanol–water partition coefficient (Wildman–Crippen LogP) is 1.42. The molecular weight excluding hydrogens is 244 g/mol. The average Bonchev–Trinajstić information content (AvgIpc) is 2.33. The van der Waals surface area contributed by atoms with Crippen molar-refractivity contribution in [3.63, 3.8) is 0 Å². The van der Waals surface area contributed by atoms with E-state index in [4.69, 9.17) is 4.74 Å². The number of morpholine rings is 1. The quantitative estimate of drug-likeness (QED) is 0.889. The van der Waals surface area contributed by atoms with Crippen molar-refractivity contribution >= 4 is 5.97 Å². The van der Waals surface area contributed by atoms with Crippen LogP contribution < -0.4 is 0 Å². The molecule has 0 amide bonds. The zero-order valence-electron chi connectivity index (χ0n) is 9.60. The Morgan fingerprint density at radius 1 is 1.33 bits per heavy atom. The lowest BCUT2D eigenvalue weighted by Gasteiger charge is -2.32. The van der Waals surface area contributed by atoms with Gasteiger partial charge in [0, 0.05) is 24.7 Å². The van der Waals surface area contributed by atoms with Crippen LogP contribution in [0.25, 0.3) is 0 Å². The Labute approximate surface area is 103 Å². The van der Waals surface area contributed by atoms with E-state index in [1.165, 1.54) is 6.07 Å². The van der Waals surface area contributed by atoms with Crippen LogP contribution in [0.2, 0.25) is 0 Å². The summed E-state index contributed by atoms with van der Waals surface area (Å²) in [4.78, 5) is 12.9. The van der Waals surface area contributed by atoms with Crippen LogP contribution in [0.4, 0.5) is 8.78 Å². The van der Waals surface area contributed by atoms with Crippen LogP contribution in [-0.2, 0) is 9.53 Å². The number of nitrogens with zero attached hydrogens (tertiary/aromatic N) is 1. The Kier molecular flexibility index (Phi) is 3.88. The van der Waals surface area contributed by atoms with Gasteiger partial charge in [-0.05, 0) is 6.07 Å². The summed E-state index contributed by atoms with van der Waals surface area (Å²) in [7, 11) is 0. The van der Waals surface area contributed by atoms with E-state index in [0.717, 1.165) is 6.07 Å². The third kappa shape index (κ3) is 2.65. The summed E-state index contributed by atoms with van der Waals surface area (Å²) in [6.07, 6.45) is 0. The molecule has 0 aromatic heterocycles. The number of hydrogen-bond donors (Lipinski definition) is 1. The number of carboxylic acid groups (broad SMARTS) is 1. The van der Waals surface area contributed by atoms with E-state index in [1.807, 2.05) is 0 Å². The molecule has 0 bridgehead atoms. The fraction of sp³-hybridized carbons (Fsp3) is 0.417. The minimum absolute atomic E-state index is 0.0224. The van der Waals surface area contributed by atoms with Gasteiger partial charge >= 0.3 is 5.97 Å². The number of hydrogen-bond acceptors (Lipinski definition) is 3. The summed E-state index contributed by atoms with van der Waals surface area (Å²) in [5.74, 6) is -2.71. The van der Waals surface area contributed by atoms with E-state index in [9.17, 15) is 18.7 Å². The molecule has 0 unspecified atom stereocenters. The molecule has 4 nitrogen and oxygen atoms in total. The van der Waals surface area contributed by atoms with Crippen LogP contribution in [0.15, 0.2) is 18.2 Å². The smallest absolute Gasteiger partial charge is 0.325 e. The molecule has 0 spiro atoms. The van der Waals surface area contributed by atoms with Gasteiger partial charge in [-0.1, -0.05) is 6.07 Å². The molecule has 0 radical (unpaired) electrons. The topological polar surface area (TPSA) is 49.8 Å². The highest BCUT2D eigenvalue weighted by atomic mass is 19.1. The van der Waals surface area contributed by atoms with Gasteiger partial charge in [-0.3, -0.25) is 9.69 Å². The van der Waals surface area contributed by atoms with E-state index in [2.05, 4.69) is 0 Å². The van der Waals surface area contributed by atoms with E-state index in [1.54, 1.807) is 4.90 Å². The van der Waals surface area contributed by atoms with Gasteiger partial charge in [0.05, 0.1) is 13.2 Å². The van der Waals surface area contributed by atoms with Crippen molar-refractivity contribution in [2.24, 2.45) is 0 Å². The molecule has 1 heterocycles. The molecule has 6 heteroatoms. The third-order valence-electron chi connectivity index (χ3n) is 2.90. The molecule has 18 heavy (non-hydrogen) atoms. The summed E-state index contributed by atoms with van der Waals surface area (Å²) in [5, 5.41) is 9.23. The van der Waals surface area contributed by atoms with Gasteiger partial charge in [-0.15, -0.1) is 0 Å². The number of halogens is 2. The van der Waals surface area contributed by atoms with E-state index in [-0.39, 0.29) is 5.56 Å². The fourth-order valence-electron chi connectivity index (χ4n) is 2.04. The summed E-state index contributed by atoms with van der Waals surface area (Å²) >= 11 is 0. The van der Waals surface area contributed by atoms with Crippen LogP contribution in [0.1, 0.15) is 11.6 Å². The molecule has 2 rings (SSSR count). The number of carbonyl (C=O) groups is 1. The zero-order chi connectivity index (χ0) is 13.1. The molecule has 1 saturated heterocycles. The molecular formula is C12H13F2NO3. The van der Waals surface area contributed by atoms with Crippen LogP contribution in [0.3, 0.4) is 0 Å². The van der Waals surface area contributed by atoms with Gasteiger partial charge in [-0.25, -0.2) is 8.78 Å². The van der Waals surface area contributed by atoms with Crippen molar-refractivity contribution in [3.05, 3.63) is 35.4 Å². The zero-order valence-corrected chi connectivity index (χ0v) is 9.60. The second-order valence-corrected chi connectivity index (χ2v) is 4.05. The molecule has 1 aliphatic heterocycles. The number of carboxylic acids is 1. The maximum atomic E-state index is 13.7. The summed E-state index contributed by atoms with van der Waals surface area (Å²) < 4.78 is 31.6. The van der Waals surface area contributed by atoms with Crippen molar-refractivity contribution in [1.29, 1.82) is 0 Å².